The zero-order chi connectivity index (χ0) is 17.3. The molecule has 6 heteroatoms. The lowest BCUT2D eigenvalue weighted by atomic mass is 9.78. The van der Waals surface area contributed by atoms with Crippen LogP contribution in [0.3, 0.4) is 0 Å². The summed E-state index contributed by atoms with van der Waals surface area (Å²) in [5.41, 5.74) is 0.0619. The van der Waals surface area contributed by atoms with E-state index in [1.165, 1.54) is 7.11 Å². The number of esters is 1. The van der Waals surface area contributed by atoms with Crippen LogP contribution < -0.4 is 5.32 Å². The number of alkyl carbamates (subject to hydrolysis) is 1. The second kappa shape index (κ2) is 6.10. The van der Waals surface area contributed by atoms with Gasteiger partial charge in [0.2, 0.25) is 0 Å². The number of nitrogens with one attached hydrogen (secondary N) is 1. The van der Waals surface area contributed by atoms with Crippen LogP contribution in [0.5, 0.6) is 5.75 Å². The fourth-order valence-electron chi connectivity index (χ4n) is 2.81. The highest BCUT2D eigenvalue weighted by atomic mass is 16.6. The van der Waals surface area contributed by atoms with E-state index in [0.717, 1.165) is 11.1 Å². The monoisotopic (exact) mass is 321 g/mol. The molecular formula is C17H23NO5. The van der Waals surface area contributed by atoms with Crippen LogP contribution in [0, 0.1) is 0 Å². The molecule has 0 saturated heterocycles. The van der Waals surface area contributed by atoms with Crippen molar-refractivity contribution in [1.29, 1.82) is 0 Å². The first-order valence-corrected chi connectivity index (χ1v) is 7.55. The Hall–Kier alpha value is -2.24. The van der Waals surface area contributed by atoms with Crippen molar-refractivity contribution in [2.24, 2.45) is 0 Å². The number of hydrogen-bond donors (Lipinski definition) is 2. The first kappa shape index (κ1) is 17.1. The number of ether oxygens (including phenoxy) is 2. The van der Waals surface area contributed by atoms with Crippen LogP contribution >= 0.6 is 0 Å². The van der Waals surface area contributed by atoms with Crippen LogP contribution in [0.1, 0.15) is 38.3 Å². The van der Waals surface area contributed by atoms with Crippen molar-refractivity contribution in [3.05, 3.63) is 29.3 Å². The summed E-state index contributed by atoms with van der Waals surface area (Å²) in [7, 11) is 1.30. The largest absolute Gasteiger partial charge is 0.508 e. The number of carbonyl (C=O) groups is 2. The molecule has 1 aliphatic rings. The fourth-order valence-corrected chi connectivity index (χ4v) is 2.81. The van der Waals surface area contributed by atoms with Gasteiger partial charge in [-0.05, 0) is 56.9 Å². The predicted molar refractivity (Wildman–Crippen MR) is 84.2 cm³/mol. The highest BCUT2D eigenvalue weighted by molar-refractivity contribution is 5.86. The van der Waals surface area contributed by atoms with Crippen molar-refractivity contribution in [3.63, 3.8) is 0 Å². The minimum absolute atomic E-state index is 0.189. The maximum absolute atomic E-state index is 12.3. The van der Waals surface area contributed by atoms with E-state index in [-0.39, 0.29) is 5.75 Å². The summed E-state index contributed by atoms with van der Waals surface area (Å²) in [5.74, 6) is -0.309. The highest BCUT2D eigenvalue weighted by Gasteiger charge is 2.44. The Labute approximate surface area is 135 Å². The molecule has 1 aromatic carbocycles. The van der Waals surface area contributed by atoms with Gasteiger partial charge in [-0.1, -0.05) is 6.07 Å². The van der Waals surface area contributed by atoms with Crippen molar-refractivity contribution < 1.29 is 24.2 Å². The number of phenols is 1. The maximum atomic E-state index is 12.3. The number of fused-ring (bicyclic) bond motifs is 1. The molecule has 1 unspecified atom stereocenters. The molecule has 1 amide bonds. The van der Waals surface area contributed by atoms with Gasteiger partial charge < -0.3 is 19.9 Å². The summed E-state index contributed by atoms with van der Waals surface area (Å²) in [6, 6.07) is 5.02. The third-order valence-electron chi connectivity index (χ3n) is 3.82. The summed E-state index contributed by atoms with van der Waals surface area (Å²) < 4.78 is 10.2. The zero-order valence-corrected chi connectivity index (χ0v) is 13.9. The van der Waals surface area contributed by atoms with Crippen molar-refractivity contribution in [1.82, 2.24) is 5.32 Å². The van der Waals surface area contributed by atoms with Gasteiger partial charge >= 0.3 is 12.1 Å². The van der Waals surface area contributed by atoms with Crippen molar-refractivity contribution in [2.75, 3.05) is 7.11 Å². The first-order valence-electron chi connectivity index (χ1n) is 7.55. The second-order valence-electron chi connectivity index (χ2n) is 6.83. The lowest BCUT2D eigenvalue weighted by Gasteiger charge is -2.36. The SMILES string of the molecule is COC(=O)C1(NC(=O)OC(C)(C)C)CCc2cc(O)ccc2C1. The van der Waals surface area contributed by atoms with Crippen LogP contribution in [0.25, 0.3) is 0 Å². The number of benzene rings is 1. The molecule has 1 atom stereocenters. The van der Waals surface area contributed by atoms with E-state index in [4.69, 9.17) is 9.47 Å². The normalized spacial score (nSPS) is 20.3. The molecule has 6 nitrogen and oxygen atoms in total. The standard InChI is InChI=1S/C17H23NO5/c1-16(2,3)23-15(21)18-17(14(20)22-4)8-7-11-9-13(19)6-5-12(11)10-17/h5-6,9,19H,7-8,10H2,1-4H3,(H,18,21). The number of aromatic hydroxyl groups is 1. The van der Waals surface area contributed by atoms with E-state index < -0.39 is 23.2 Å². The van der Waals surface area contributed by atoms with Crippen LogP contribution in [-0.2, 0) is 27.1 Å². The van der Waals surface area contributed by atoms with Gasteiger partial charge in [-0.2, -0.15) is 0 Å². The maximum Gasteiger partial charge on any atom is 0.408 e. The summed E-state index contributed by atoms with van der Waals surface area (Å²) in [6.45, 7) is 5.28. The molecule has 0 fully saturated rings. The number of hydrogen-bond acceptors (Lipinski definition) is 5. The molecule has 23 heavy (non-hydrogen) atoms. The zero-order valence-electron chi connectivity index (χ0n) is 13.9. The van der Waals surface area contributed by atoms with Crippen LogP contribution in [0.15, 0.2) is 18.2 Å². The van der Waals surface area contributed by atoms with E-state index in [0.29, 0.717) is 19.3 Å². The quantitative estimate of drug-likeness (QED) is 0.817. The third kappa shape index (κ3) is 3.94. The minimum atomic E-state index is -1.15. The molecule has 2 rings (SSSR count). The smallest absolute Gasteiger partial charge is 0.408 e. The number of rotatable bonds is 2. The lowest BCUT2D eigenvalue weighted by Crippen LogP contribution is -2.59. The van der Waals surface area contributed by atoms with Gasteiger partial charge in [-0.25, -0.2) is 9.59 Å². The van der Waals surface area contributed by atoms with Crippen molar-refractivity contribution in [2.45, 2.75) is 51.2 Å². The summed E-state index contributed by atoms with van der Waals surface area (Å²) in [6.07, 6.45) is 0.587. The molecule has 0 bridgehead atoms. The first-order chi connectivity index (χ1) is 10.6. The molecule has 1 aromatic rings. The molecule has 0 heterocycles. The fraction of sp³-hybridized carbons (Fsp3) is 0.529. The van der Waals surface area contributed by atoms with Gasteiger partial charge in [0.25, 0.3) is 0 Å². The summed E-state index contributed by atoms with van der Waals surface area (Å²) >= 11 is 0. The predicted octanol–water partition coefficient (Wildman–Crippen LogP) is 2.32. The Bertz CT molecular complexity index is 620. The summed E-state index contributed by atoms with van der Waals surface area (Å²) in [5, 5.41) is 12.3. The van der Waals surface area contributed by atoms with Gasteiger partial charge in [0.05, 0.1) is 7.11 Å². The van der Waals surface area contributed by atoms with Crippen LogP contribution in [-0.4, -0.2) is 35.4 Å². The third-order valence-corrected chi connectivity index (χ3v) is 3.82. The number of aryl methyl sites for hydroxylation is 1. The average molecular weight is 321 g/mol. The van der Waals surface area contributed by atoms with E-state index in [1.807, 2.05) is 0 Å². The molecule has 2 N–H and O–H groups in total. The van der Waals surface area contributed by atoms with Gasteiger partial charge in [-0.3, -0.25) is 0 Å². The van der Waals surface area contributed by atoms with E-state index in [1.54, 1.807) is 39.0 Å². The van der Waals surface area contributed by atoms with E-state index >= 15 is 0 Å². The molecule has 0 radical (unpaired) electrons. The van der Waals surface area contributed by atoms with Gasteiger partial charge in [0, 0.05) is 6.42 Å². The van der Waals surface area contributed by atoms with Crippen LogP contribution in [0.4, 0.5) is 4.79 Å². The second-order valence-corrected chi connectivity index (χ2v) is 6.83. The van der Waals surface area contributed by atoms with Gasteiger partial charge in [0.1, 0.15) is 16.9 Å². The lowest BCUT2D eigenvalue weighted by molar-refractivity contribution is -0.149. The van der Waals surface area contributed by atoms with Crippen molar-refractivity contribution in [3.8, 4) is 5.75 Å². The Kier molecular flexibility index (Phi) is 4.54. The molecule has 0 spiro atoms. The number of phenolic OH excluding ortho intramolecular Hbond substituents is 1. The Balaban J connectivity index is 2.26. The Morgan fingerprint density at radius 3 is 2.57 bits per heavy atom. The van der Waals surface area contributed by atoms with E-state index in [2.05, 4.69) is 5.32 Å². The van der Waals surface area contributed by atoms with E-state index in [9.17, 15) is 14.7 Å². The number of amides is 1. The topological polar surface area (TPSA) is 84.9 Å². The molecule has 0 aliphatic heterocycles. The Morgan fingerprint density at radius 1 is 1.26 bits per heavy atom. The van der Waals surface area contributed by atoms with Crippen LogP contribution in [0.2, 0.25) is 0 Å². The average Bonchev–Trinajstić information content (AvgIpc) is 2.44. The van der Waals surface area contributed by atoms with Gasteiger partial charge in [0.15, 0.2) is 0 Å². The summed E-state index contributed by atoms with van der Waals surface area (Å²) in [4.78, 5) is 24.5. The molecule has 1 aliphatic carbocycles. The molecular weight excluding hydrogens is 298 g/mol. The minimum Gasteiger partial charge on any atom is -0.508 e. The molecule has 126 valence electrons. The molecule has 0 saturated carbocycles. The van der Waals surface area contributed by atoms with Crippen molar-refractivity contribution >= 4 is 12.1 Å². The number of carbonyl (C=O) groups excluding carboxylic acids is 2. The van der Waals surface area contributed by atoms with Gasteiger partial charge in [-0.15, -0.1) is 0 Å². The molecule has 0 aromatic heterocycles. The highest BCUT2D eigenvalue weighted by Crippen LogP contribution is 2.32. The number of methoxy groups -OCH3 is 1. The Morgan fingerprint density at radius 2 is 1.96 bits per heavy atom.